The minimum atomic E-state index is -0.300. The SMILES string of the molecule is CCC(C#N)(CCCN(C)CC1CCCO1)NC1CC1. The van der Waals surface area contributed by atoms with E-state index in [0.717, 1.165) is 39.0 Å². The second-order valence-corrected chi connectivity index (χ2v) is 6.47. The van der Waals surface area contributed by atoms with E-state index in [0.29, 0.717) is 12.1 Å². The lowest BCUT2D eigenvalue weighted by molar-refractivity contribution is 0.0803. The smallest absolute Gasteiger partial charge is 0.106 e. The fraction of sp³-hybridized carbons (Fsp3) is 0.938. The molecule has 114 valence electrons. The number of likely N-dealkylation sites (N-methyl/N-ethyl adjacent to an activating group) is 1. The molecule has 1 heterocycles. The Morgan fingerprint density at radius 3 is 2.75 bits per heavy atom. The van der Waals surface area contributed by atoms with Crippen molar-refractivity contribution >= 4 is 0 Å². The van der Waals surface area contributed by atoms with Crippen molar-refractivity contribution in [1.29, 1.82) is 5.26 Å². The summed E-state index contributed by atoms with van der Waals surface area (Å²) in [5.74, 6) is 0. The van der Waals surface area contributed by atoms with Crippen LogP contribution in [0.3, 0.4) is 0 Å². The molecular weight excluding hydrogens is 250 g/mol. The van der Waals surface area contributed by atoms with Gasteiger partial charge in [-0.15, -0.1) is 0 Å². The average Bonchev–Trinajstić information content (AvgIpc) is 3.11. The van der Waals surface area contributed by atoms with Crippen LogP contribution in [0.15, 0.2) is 0 Å². The van der Waals surface area contributed by atoms with Gasteiger partial charge in [0.1, 0.15) is 5.54 Å². The largest absolute Gasteiger partial charge is 0.377 e. The summed E-state index contributed by atoms with van der Waals surface area (Å²) in [6.45, 7) is 5.13. The summed E-state index contributed by atoms with van der Waals surface area (Å²) >= 11 is 0. The maximum absolute atomic E-state index is 9.50. The highest BCUT2D eigenvalue weighted by Gasteiger charge is 2.34. The Labute approximate surface area is 123 Å². The molecule has 2 unspecified atom stereocenters. The van der Waals surface area contributed by atoms with Crippen molar-refractivity contribution in [1.82, 2.24) is 10.2 Å². The van der Waals surface area contributed by atoms with Gasteiger partial charge in [-0.3, -0.25) is 5.32 Å². The number of nitrogens with one attached hydrogen (secondary N) is 1. The summed E-state index contributed by atoms with van der Waals surface area (Å²) in [5, 5.41) is 13.0. The van der Waals surface area contributed by atoms with E-state index in [9.17, 15) is 5.26 Å². The van der Waals surface area contributed by atoms with Gasteiger partial charge in [-0.2, -0.15) is 5.26 Å². The van der Waals surface area contributed by atoms with Crippen LogP contribution >= 0.6 is 0 Å². The highest BCUT2D eigenvalue weighted by molar-refractivity contribution is 5.09. The summed E-state index contributed by atoms with van der Waals surface area (Å²) in [4.78, 5) is 2.35. The summed E-state index contributed by atoms with van der Waals surface area (Å²) in [6, 6.07) is 3.13. The zero-order valence-corrected chi connectivity index (χ0v) is 13.0. The van der Waals surface area contributed by atoms with Gasteiger partial charge >= 0.3 is 0 Å². The van der Waals surface area contributed by atoms with Crippen molar-refractivity contribution in [2.24, 2.45) is 0 Å². The van der Waals surface area contributed by atoms with E-state index in [4.69, 9.17) is 4.74 Å². The van der Waals surface area contributed by atoms with Gasteiger partial charge in [0, 0.05) is 19.2 Å². The molecule has 2 fully saturated rings. The minimum absolute atomic E-state index is 0.300. The third-order valence-electron chi connectivity index (χ3n) is 4.56. The first-order chi connectivity index (χ1) is 9.67. The Kier molecular flexibility index (Phi) is 5.83. The van der Waals surface area contributed by atoms with E-state index in [2.05, 4.69) is 30.3 Å². The molecule has 0 amide bonds. The van der Waals surface area contributed by atoms with Crippen LogP contribution in [0.2, 0.25) is 0 Å². The number of hydrogen-bond donors (Lipinski definition) is 1. The van der Waals surface area contributed by atoms with Crippen LogP contribution in [-0.2, 0) is 4.74 Å². The molecule has 0 spiro atoms. The number of hydrogen-bond acceptors (Lipinski definition) is 4. The molecule has 0 bridgehead atoms. The summed E-state index contributed by atoms with van der Waals surface area (Å²) in [7, 11) is 2.16. The molecule has 1 N–H and O–H groups in total. The van der Waals surface area contributed by atoms with E-state index in [-0.39, 0.29) is 5.54 Å². The molecule has 0 aromatic carbocycles. The third-order valence-corrected chi connectivity index (χ3v) is 4.56. The maximum Gasteiger partial charge on any atom is 0.106 e. The highest BCUT2D eigenvalue weighted by Crippen LogP contribution is 2.26. The second-order valence-electron chi connectivity index (χ2n) is 6.47. The average molecular weight is 279 g/mol. The highest BCUT2D eigenvalue weighted by atomic mass is 16.5. The lowest BCUT2D eigenvalue weighted by atomic mass is 9.91. The molecule has 1 saturated carbocycles. The number of ether oxygens (including phenoxy) is 1. The Hall–Kier alpha value is -0.630. The molecule has 0 aromatic heterocycles. The molecule has 4 heteroatoms. The van der Waals surface area contributed by atoms with Crippen LogP contribution in [0.4, 0.5) is 0 Å². The van der Waals surface area contributed by atoms with Gasteiger partial charge in [0.25, 0.3) is 0 Å². The first-order valence-electron chi connectivity index (χ1n) is 8.16. The molecule has 0 radical (unpaired) electrons. The third kappa shape index (κ3) is 4.73. The van der Waals surface area contributed by atoms with Crippen LogP contribution in [0.1, 0.15) is 51.9 Å². The van der Waals surface area contributed by atoms with Crippen molar-refractivity contribution < 1.29 is 4.74 Å². The Morgan fingerprint density at radius 1 is 1.40 bits per heavy atom. The molecule has 2 atom stereocenters. The molecule has 1 saturated heterocycles. The van der Waals surface area contributed by atoms with E-state index in [1.54, 1.807) is 0 Å². The first kappa shape index (κ1) is 15.8. The topological polar surface area (TPSA) is 48.3 Å². The van der Waals surface area contributed by atoms with Crippen LogP contribution in [0.25, 0.3) is 0 Å². The predicted octanol–water partition coefficient (Wildman–Crippen LogP) is 2.30. The standard InChI is InChI=1S/C16H29N3O/c1-3-16(13-17,18-14-7-8-14)9-5-10-19(2)12-15-6-4-11-20-15/h14-15,18H,3-12H2,1-2H3. The van der Waals surface area contributed by atoms with Crippen LogP contribution in [0.5, 0.6) is 0 Å². The molecule has 2 aliphatic rings. The zero-order chi connectivity index (χ0) is 14.4. The molecule has 1 aliphatic heterocycles. The van der Waals surface area contributed by atoms with Crippen molar-refractivity contribution in [3.63, 3.8) is 0 Å². The van der Waals surface area contributed by atoms with Gasteiger partial charge in [0.05, 0.1) is 12.2 Å². The lowest BCUT2D eigenvalue weighted by Gasteiger charge is -2.28. The monoisotopic (exact) mass is 279 g/mol. The Morgan fingerprint density at radius 2 is 2.20 bits per heavy atom. The summed E-state index contributed by atoms with van der Waals surface area (Å²) in [6.07, 6.45) is 8.23. The first-order valence-corrected chi connectivity index (χ1v) is 8.16. The van der Waals surface area contributed by atoms with E-state index < -0.39 is 0 Å². The number of nitrogens with zero attached hydrogens (tertiary/aromatic N) is 2. The maximum atomic E-state index is 9.50. The van der Waals surface area contributed by atoms with Gasteiger partial charge in [-0.25, -0.2) is 0 Å². The van der Waals surface area contributed by atoms with Crippen molar-refractivity contribution in [3.05, 3.63) is 0 Å². The number of nitriles is 1. The van der Waals surface area contributed by atoms with Gasteiger partial charge in [0.2, 0.25) is 0 Å². The van der Waals surface area contributed by atoms with Crippen molar-refractivity contribution in [2.45, 2.75) is 69.6 Å². The zero-order valence-electron chi connectivity index (χ0n) is 13.0. The molecule has 0 aromatic rings. The van der Waals surface area contributed by atoms with Crippen LogP contribution < -0.4 is 5.32 Å². The molecule has 4 nitrogen and oxygen atoms in total. The minimum Gasteiger partial charge on any atom is -0.377 e. The van der Waals surface area contributed by atoms with Crippen LogP contribution in [0, 0.1) is 11.3 Å². The fourth-order valence-corrected chi connectivity index (χ4v) is 3.01. The number of rotatable bonds is 9. The van der Waals surface area contributed by atoms with Gasteiger partial charge in [0.15, 0.2) is 0 Å². The second kappa shape index (κ2) is 7.40. The predicted molar refractivity (Wildman–Crippen MR) is 80.5 cm³/mol. The van der Waals surface area contributed by atoms with E-state index >= 15 is 0 Å². The van der Waals surface area contributed by atoms with Crippen LogP contribution in [-0.4, -0.2) is 49.3 Å². The van der Waals surface area contributed by atoms with Gasteiger partial charge < -0.3 is 9.64 Å². The quantitative estimate of drug-likeness (QED) is 0.703. The molecular formula is C16H29N3O. The van der Waals surface area contributed by atoms with E-state index in [1.165, 1.54) is 25.7 Å². The Bertz CT molecular complexity index is 331. The van der Waals surface area contributed by atoms with Crippen molar-refractivity contribution in [3.8, 4) is 6.07 Å². The van der Waals surface area contributed by atoms with Gasteiger partial charge in [-0.1, -0.05) is 6.92 Å². The summed E-state index contributed by atoms with van der Waals surface area (Å²) in [5.41, 5.74) is -0.300. The van der Waals surface area contributed by atoms with Gasteiger partial charge in [-0.05, 0) is 58.5 Å². The normalized spacial score (nSPS) is 25.6. The summed E-state index contributed by atoms with van der Waals surface area (Å²) < 4.78 is 5.67. The Balaban J connectivity index is 1.67. The molecule has 2 rings (SSSR count). The fourth-order valence-electron chi connectivity index (χ4n) is 3.01. The molecule has 20 heavy (non-hydrogen) atoms. The molecule has 1 aliphatic carbocycles. The van der Waals surface area contributed by atoms with Crippen molar-refractivity contribution in [2.75, 3.05) is 26.7 Å². The lowest BCUT2D eigenvalue weighted by Crippen LogP contribution is -2.45. The van der Waals surface area contributed by atoms with E-state index in [1.807, 2.05) is 0 Å².